The first-order valence-electron chi connectivity index (χ1n) is 10.6. The van der Waals surface area contributed by atoms with Gasteiger partial charge in [0.15, 0.2) is 0 Å². The van der Waals surface area contributed by atoms with Gasteiger partial charge in [-0.05, 0) is 41.0 Å². The third-order valence-electron chi connectivity index (χ3n) is 5.35. The van der Waals surface area contributed by atoms with E-state index in [4.69, 9.17) is 4.74 Å². The number of carbonyl (C=O) groups is 1. The minimum atomic E-state index is -0.552. The summed E-state index contributed by atoms with van der Waals surface area (Å²) in [6.07, 6.45) is 0. The van der Waals surface area contributed by atoms with E-state index in [9.17, 15) is 4.79 Å². The topological polar surface area (TPSA) is 50.4 Å². The number of amides is 1. The molecule has 160 valence electrons. The van der Waals surface area contributed by atoms with E-state index in [2.05, 4.69) is 34.9 Å². The van der Waals surface area contributed by atoms with Crippen molar-refractivity contribution in [2.45, 2.75) is 12.1 Å². The molecule has 0 bridgehead atoms. The molecule has 0 saturated heterocycles. The van der Waals surface area contributed by atoms with Crippen LogP contribution >= 0.6 is 0 Å². The number of nitrogens with one attached hydrogen (secondary N) is 2. The lowest BCUT2D eigenvalue weighted by Crippen LogP contribution is -2.36. The highest BCUT2D eigenvalue weighted by Crippen LogP contribution is 2.27. The van der Waals surface area contributed by atoms with Crippen LogP contribution < -0.4 is 15.4 Å². The van der Waals surface area contributed by atoms with Crippen LogP contribution in [0.1, 0.15) is 28.8 Å². The molecule has 0 aliphatic carbocycles. The van der Waals surface area contributed by atoms with Gasteiger partial charge in [0.25, 0.3) is 0 Å². The Bertz CT molecular complexity index is 1070. The molecule has 1 amide bonds. The van der Waals surface area contributed by atoms with Crippen LogP contribution in [0.2, 0.25) is 0 Å². The average Bonchev–Trinajstić information content (AvgIpc) is 2.86. The molecule has 4 aromatic rings. The first-order chi connectivity index (χ1) is 15.7. The van der Waals surface area contributed by atoms with Crippen LogP contribution in [0.15, 0.2) is 115 Å². The van der Waals surface area contributed by atoms with Gasteiger partial charge in [0.1, 0.15) is 11.8 Å². The smallest absolute Gasteiger partial charge is 0.246 e. The van der Waals surface area contributed by atoms with Crippen LogP contribution in [0.3, 0.4) is 0 Å². The lowest BCUT2D eigenvalue weighted by Gasteiger charge is -2.26. The van der Waals surface area contributed by atoms with E-state index in [1.54, 1.807) is 7.11 Å². The Morgan fingerprint density at radius 3 is 1.59 bits per heavy atom. The number of benzene rings is 4. The van der Waals surface area contributed by atoms with Crippen molar-refractivity contribution in [3.63, 3.8) is 0 Å². The van der Waals surface area contributed by atoms with Gasteiger partial charge in [-0.25, -0.2) is 0 Å². The Balaban J connectivity index is 1.66. The van der Waals surface area contributed by atoms with Crippen molar-refractivity contribution < 1.29 is 9.53 Å². The van der Waals surface area contributed by atoms with Gasteiger partial charge in [0.05, 0.1) is 13.2 Å². The molecule has 32 heavy (non-hydrogen) atoms. The molecule has 0 saturated carbocycles. The molecule has 4 heteroatoms. The Morgan fingerprint density at radius 2 is 1.12 bits per heavy atom. The van der Waals surface area contributed by atoms with Gasteiger partial charge in [-0.2, -0.15) is 0 Å². The van der Waals surface area contributed by atoms with Crippen LogP contribution in [0.4, 0.5) is 5.69 Å². The molecule has 0 heterocycles. The monoisotopic (exact) mass is 422 g/mol. The number of rotatable bonds is 8. The van der Waals surface area contributed by atoms with Crippen molar-refractivity contribution in [3.8, 4) is 5.75 Å². The van der Waals surface area contributed by atoms with Gasteiger partial charge < -0.3 is 10.1 Å². The standard InChI is InChI=1S/C28H26N2O2/c1-32-25-19-17-24(18-20-25)29-28(31)27(23-15-9-4-10-16-23)30-26(21-11-5-2-6-12-21)22-13-7-3-8-14-22/h2-20,26-27,30H,1H3,(H,29,31). The summed E-state index contributed by atoms with van der Waals surface area (Å²) in [4.78, 5) is 13.5. The maximum atomic E-state index is 13.5. The van der Waals surface area contributed by atoms with Gasteiger partial charge in [-0.1, -0.05) is 91.0 Å². The third-order valence-corrected chi connectivity index (χ3v) is 5.35. The zero-order valence-corrected chi connectivity index (χ0v) is 17.9. The SMILES string of the molecule is COc1ccc(NC(=O)C(NC(c2ccccc2)c2ccccc2)c2ccccc2)cc1. The third kappa shape index (κ3) is 5.23. The minimum Gasteiger partial charge on any atom is -0.497 e. The zero-order chi connectivity index (χ0) is 22.2. The second-order valence-electron chi connectivity index (χ2n) is 7.48. The second kappa shape index (κ2) is 10.4. The summed E-state index contributed by atoms with van der Waals surface area (Å²) in [5.41, 5.74) is 3.80. The van der Waals surface area contributed by atoms with E-state index >= 15 is 0 Å². The summed E-state index contributed by atoms with van der Waals surface area (Å²) in [5.74, 6) is 0.618. The normalized spacial score (nSPS) is 11.7. The molecule has 0 fully saturated rings. The summed E-state index contributed by atoms with van der Waals surface area (Å²) in [6.45, 7) is 0. The Labute approximate surface area is 188 Å². The van der Waals surface area contributed by atoms with Crippen LogP contribution in [0, 0.1) is 0 Å². The molecule has 1 atom stereocenters. The summed E-state index contributed by atoms with van der Waals surface area (Å²) in [5, 5.41) is 6.65. The van der Waals surface area contributed by atoms with Crippen molar-refractivity contribution >= 4 is 11.6 Å². The number of hydrogen-bond donors (Lipinski definition) is 2. The van der Waals surface area contributed by atoms with Crippen LogP contribution in [-0.4, -0.2) is 13.0 Å². The number of hydrogen-bond acceptors (Lipinski definition) is 3. The molecular weight excluding hydrogens is 396 g/mol. The molecule has 4 nitrogen and oxygen atoms in total. The number of ether oxygens (including phenoxy) is 1. The zero-order valence-electron chi connectivity index (χ0n) is 17.9. The predicted molar refractivity (Wildman–Crippen MR) is 129 cm³/mol. The molecule has 0 radical (unpaired) electrons. The summed E-state index contributed by atoms with van der Waals surface area (Å²) < 4.78 is 5.22. The largest absolute Gasteiger partial charge is 0.497 e. The van der Waals surface area contributed by atoms with E-state index in [-0.39, 0.29) is 11.9 Å². The van der Waals surface area contributed by atoms with Crippen molar-refractivity contribution in [3.05, 3.63) is 132 Å². The Hall–Kier alpha value is -3.89. The molecule has 1 unspecified atom stereocenters. The van der Waals surface area contributed by atoms with Crippen molar-refractivity contribution in [2.75, 3.05) is 12.4 Å². The van der Waals surface area contributed by atoms with E-state index in [0.29, 0.717) is 0 Å². The van der Waals surface area contributed by atoms with E-state index < -0.39 is 6.04 Å². The van der Waals surface area contributed by atoms with Gasteiger partial charge >= 0.3 is 0 Å². The predicted octanol–water partition coefficient (Wildman–Crippen LogP) is 5.75. The molecule has 0 aliphatic heterocycles. The van der Waals surface area contributed by atoms with Gasteiger partial charge in [-0.15, -0.1) is 0 Å². The molecular formula is C28H26N2O2. The second-order valence-corrected chi connectivity index (χ2v) is 7.48. The first kappa shape index (κ1) is 21.3. The number of anilines is 1. The van der Waals surface area contributed by atoms with Gasteiger partial charge in [0, 0.05) is 5.69 Å². The van der Waals surface area contributed by atoms with Crippen LogP contribution in [-0.2, 0) is 4.79 Å². The fraction of sp³-hybridized carbons (Fsp3) is 0.107. The molecule has 0 aliphatic rings. The van der Waals surface area contributed by atoms with Gasteiger partial charge in [0.2, 0.25) is 5.91 Å². The van der Waals surface area contributed by atoms with E-state index in [1.807, 2.05) is 91.0 Å². The molecule has 4 rings (SSSR count). The summed E-state index contributed by atoms with van der Waals surface area (Å²) in [6, 6.07) is 36.8. The average molecular weight is 423 g/mol. The van der Waals surface area contributed by atoms with Crippen LogP contribution in [0.25, 0.3) is 0 Å². The van der Waals surface area contributed by atoms with Gasteiger partial charge in [-0.3, -0.25) is 10.1 Å². The number of methoxy groups -OCH3 is 1. The van der Waals surface area contributed by atoms with Crippen molar-refractivity contribution in [1.82, 2.24) is 5.32 Å². The lowest BCUT2D eigenvalue weighted by atomic mass is 9.96. The fourth-order valence-corrected chi connectivity index (χ4v) is 3.70. The summed E-state index contributed by atoms with van der Waals surface area (Å²) >= 11 is 0. The van der Waals surface area contributed by atoms with E-state index in [0.717, 1.165) is 28.1 Å². The Kier molecular flexibility index (Phi) is 6.95. The highest BCUT2D eigenvalue weighted by molar-refractivity contribution is 5.95. The maximum absolute atomic E-state index is 13.5. The fourth-order valence-electron chi connectivity index (χ4n) is 3.70. The van der Waals surface area contributed by atoms with Crippen molar-refractivity contribution in [2.24, 2.45) is 0 Å². The van der Waals surface area contributed by atoms with E-state index in [1.165, 1.54) is 0 Å². The molecule has 0 aromatic heterocycles. The Morgan fingerprint density at radius 1 is 0.656 bits per heavy atom. The van der Waals surface area contributed by atoms with Crippen LogP contribution in [0.5, 0.6) is 5.75 Å². The lowest BCUT2D eigenvalue weighted by molar-refractivity contribution is -0.118. The highest BCUT2D eigenvalue weighted by Gasteiger charge is 2.25. The minimum absolute atomic E-state index is 0.127. The van der Waals surface area contributed by atoms with Crippen molar-refractivity contribution in [1.29, 1.82) is 0 Å². The number of carbonyl (C=O) groups excluding carboxylic acids is 1. The highest BCUT2D eigenvalue weighted by atomic mass is 16.5. The summed E-state index contributed by atoms with van der Waals surface area (Å²) in [7, 11) is 1.62. The molecule has 2 N–H and O–H groups in total. The quantitative estimate of drug-likeness (QED) is 0.380. The maximum Gasteiger partial charge on any atom is 0.246 e. The molecule has 4 aromatic carbocycles. The first-order valence-corrected chi connectivity index (χ1v) is 10.6. The molecule has 0 spiro atoms.